The van der Waals surface area contributed by atoms with E-state index in [4.69, 9.17) is 0 Å². The second-order valence-corrected chi connectivity index (χ2v) is 4.39. The number of nitrogens with zero attached hydrogens (tertiary/aromatic N) is 2. The van der Waals surface area contributed by atoms with Crippen LogP contribution in [0.1, 0.15) is 22.8 Å². The highest BCUT2D eigenvalue weighted by molar-refractivity contribution is 6.03. The quantitative estimate of drug-likeness (QED) is 0.535. The van der Waals surface area contributed by atoms with Crippen molar-refractivity contribution in [2.75, 3.05) is 0 Å². The molecule has 2 aromatic rings. The van der Waals surface area contributed by atoms with E-state index in [-0.39, 0.29) is 22.5 Å². The highest BCUT2D eigenvalue weighted by Crippen LogP contribution is 2.18. The first-order valence-electron chi connectivity index (χ1n) is 6.33. The van der Waals surface area contributed by atoms with Gasteiger partial charge in [-0.15, -0.1) is 0 Å². The summed E-state index contributed by atoms with van der Waals surface area (Å²) in [6.45, 7) is 1.52. The summed E-state index contributed by atoms with van der Waals surface area (Å²) in [6, 6.07) is 11.5. The van der Waals surface area contributed by atoms with E-state index < -0.39 is 16.6 Å². The van der Waals surface area contributed by atoms with Crippen LogP contribution < -0.4 is 5.43 Å². The molecule has 0 unspecified atom stereocenters. The van der Waals surface area contributed by atoms with Gasteiger partial charge in [-0.05, 0) is 25.1 Å². The molecule has 7 heteroatoms. The Morgan fingerprint density at radius 2 is 1.73 bits per heavy atom. The molecule has 0 radical (unpaired) electrons. The molecule has 0 fully saturated rings. The second kappa shape index (κ2) is 6.57. The Kier molecular flexibility index (Phi) is 4.57. The third-order valence-electron chi connectivity index (χ3n) is 2.93. The number of carbonyl (C=O) groups excluding carboxylic acids is 1. The predicted molar refractivity (Wildman–Crippen MR) is 79.2 cm³/mol. The van der Waals surface area contributed by atoms with Crippen molar-refractivity contribution in [3.05, 3.63) is 75.6 Å². The van der Waals surface area contributed by atoms with Gasteiger partial charge in [0, 0.05) is 6.07 Å². The Balaban J connectivity index is 2.22. The molecule has 22 heavy (non-hydrogen) atoms. The molecule has 0 saturated heterocycles. The first-order valence-corrected chi connectivity index (χ1v) is 6.33. The smallest absolute Gasteiger partial charge is 0.267 e. The van der Waals surface area contributed by atoms with Crippen LogP contribution in [-0.4, -0.2) is 16.5 Å². The van der Waals surface area contributed by atoms with Gasteiger partial charge in [0.15, 0.2) is 0 Å². The Morgan fingerprint density at radius 1 is 1.14 bits per heavy atom. The molecular formula is C15H12FN3O3. The zero-order valence-corrected chi connectivity index (χ0v) is 11.6. The molecule has 1 amide bonds. The summed E-state index contributed by atoms with van der Waals surface area (Å²) in [7, 11) is 0. The van der Waals surface area contributed by atoms with Crippen molar-refractivity contribution in [1.29, 1.82) is 0 Å². The number of rotatable bonds is 4. The average Bonchev–Trinajstić information content (AvgIpc) is 2.52. The van der Waals surface area contributed by atoms with Crippen molar-refractivity contribution in [2.45, 2.75) is 6.92 Å². The van der Waals surface area contributed by atoms with Gasteiger partial charge in [-0.25, -0.2) is 9.82 Å². The van der Waals surface area contributed by atoms with Crippen molar-refractivity contribution >= 4 is 17.3 Å². The molecule has 0 bridgehead atoms. The molecule has 0 aliphatic carbocycles. The van der Waals surface area contributed by atoms with Crippen LogP contribution >= 0.6 is 0 Å². The number of benzene rings is 2. The third kappa shape index (κ3) is 3.32. The number of halogens is 1. The minimum absolute atomic E-state index is 0.121. The molecule has 0 aliphatic heterocycles. The van der Waals surface area contributed by atoms with Crippen LogP contribution in [-0.2, 0) is 0 Å². The van der Waals surface area contributed by atoms with Gasteiger partial charge >= 0.3 is 0 Å². The first-order chi connectivity index (χ1) is 10.5. The van der Waals surface area contributed by atoms with Crippen molar-refractivity contribution < 1.29 is 14.1 Å². The molecule has 0 aromatic heterocycles. The molecule has 112 valence electrons. The number of carbonyl (C=O) groups is 1. The Labute approximate surface area is 125 Å². The summed E-state index contributed by atoms with van der Waals surface area (Å²) in [5.74, 6) is -1.39. The van der Waals surface area contributed by atoms with Crippen LogP contribution in [0.5, 0.6) is 0 Å². The van der Waals surface area contributed by atoms with Gasteiger partial charge in [0.25, 0.3) is 11.6 Å². The highest BCUT2D eigenvalue weighted by atomic mass is 19.1. The van der Waals surface area contributed by atoms with Crippen molar-refractivity contribution in [1.82, 2.24) is 5.43 Å². The fraction of sp³-hybridized carbons (Fsp3) is 0.0667. The molecule has 6 nitrogen and oxygen atoms in total. The van der Waals surface area contributed by atoms with E-state index in [0.29, 0.717) is 0 Å². The van der Waals surface area contributed by atoms with Crippen LogP contribution in [0.25, 0.3) is 0 Å². The maximum atomic E-state index is 13.5. The molecule has 0 heterocycles. The van der Waals surface area contributed by atoms with Gasteiger partial charge in [-0.3, -0.25) is 14.9 Å². The SMILES string of the molecule is C/C(=N/NC(=O)c1ccccc1F)c1ccccc1[N+](=O)[O-]. The molecule has 0 spiro atoms. The van der Waals surface area contributed by atoms with Gasteiger partial charge in [0.05, 0.1) is 21.8 Å². The number of hydrazone groups is 1. The second-order valence-electron chi connectivity index (χ2n) is 4.39. The van der Waals surface area contributed by atoms with Crippen molar-refractivity contribution in [3.63, 3.8) is 0 Å². The minimum Gasteiger partial charge on any atom is -0.267 e. The van der Waals surface area contributed by atoms with E-state index >= 15 is 0 Å². The Bertz CT molecular complexity index is 759. The third-order valence-corrected chi connectivity index (χ3v) is 2.93. The fourth-order valence-corrected chi connectivity index (χ4v) is 1.84. The van der Waals surface area contributed by atoms with E-state index in [9.17, 15) is 19.3 Å². The summed E-state index contributed by atoms with van der Waals surface area (Å²) in [5.41, 5.74) is 2.44. The largest absolute Gasteiger partial charge is 0.278 e. The van der Waals surface area contributed by atoms with E-state index in [0.717, 1.165) is 6.07 Å². The standard InChI is InChI=1S/C15H12FN3O3/c1-10(11-6-3-5-9-14(11)19(21)22)17-18-15(20)12-7-2-4-8-13(12)16/h2-9H,1H3,(H,18,20)/b17-10-. The minimum atomic E-state index is -0.726. The monoisotopic (exact) mass is 301 g/mol. The number of hydrogen-bond acceptors (Lipinski definition) is 4. The predicted octanol–water partition coefficient (Wildman–Crippen LogP) is 2.89. The molecule has 2 rings (SSSR count). The molecule has 0 atom stereocenters. The summed E-state index contributed by atoms with van der Waals surface area (Å²) >= 11 is 0. The average molecular weight is 301 g/mol. The van der Waals surface area contributed by atoms with Crippen LogP contribution in [0.2, 0.25) is 0 Å². The Hall–Kier alpha value is -3.09. The summed E-state index contributed by atoms with van der Waals surface area (Å²) in [5, 5.41) is 14.7. The van der Waals surface area contributed by atoms with Crippen LogP contribution in [0.3, 0.4) is 0 Å². The van der Waals surface area contributed by atoms with Crippen LogP contribution in [0, 0.1) is 15.9 Å². The maximum Gasteiger partial charge on any atom is 0.278 e. The van der Waals surface area contributed by atoms with Gasteiger partial charge < -0.3 is 0 Å². The number of para-hydroxylation sites is 1. The van der Waals surface area contributed by atoms with E-state index in [1.807, 2.05) is 0 Å². The van der Waals surface area contributed by atoms with Gasteiger partial charge in [-0.1, -0.05) is 24.3 Å². The fourth-order valence-electron chi connectivity index (χ4n) is 1.84. The highest BCUT2D eigenvalue weighted by Gasteiger charge is 2.15. The maximum absolute atomic E-state index is 13.5. The first kappa shape index (κ1) is 15.3. The molecule has 0 saturated carbocycles. The molecule has 0 aliphatic rings. The van der Waals surface area contributed by atoms with Gasteiger partial charge in [0.1, 0.15) is 5.82 Å². The summed E-state index contributed by atoms with van der Waals surface area (Å²) in [4.78, 5) is 22.2. The molecule has 1 N–H and O–H groups in total. The number of nitro groups is 1. The lowest BCUT2D eigenvalue weighted by atomic mass is 10.1. The number of nitrogens with one attached hydrogen (secondary N) is 1. The van der Waals surface area contributed by atoms with E-state index in [2.05, 4.69) is 10.5 Å². The summed E-state index contributed by atoms with van der Waals surface area (Å²) in [6.07, 6.45) is 0. The van der Waals surface area contributed by atoms with Crippen molar-refractivity contribution in [2.24, 2.45) is 5.10 Å². The van der Waals surface area contributed by atoms with E-state index in [1.54, 1.807) is 6.07 Å². The zero-order chi connectivity index (χ0) is 16.1. The molecule has 2 aromatic carbocycles. The zero-order valence-electron chi connectivity index (χ0n) is 11.6. The molecular weight excluding hydrogens is 289 g/mol. The van der Waals surface area contributed by atoms with Crippen LogP contribution in [0.4, 0.5) is 10.1 Å². The van der Waals surface area contributed by atoms with Gasteiger partial charge in [0.2, 0.25) is 0 Å². The van der Waals surface area contributed by atoms with Gasteiger partial charge in [-0.2, -0.15) is 5.10 Å². The van der Waals surface area contributed by atoms with E-state index in [1.165, 1.54) is 43.3 Å². The lowest BCUT2D eigenvalue weighted by Crippen LogP contribution is -2.20. The summed E-state index contributed by atoms with van der Waals surface area (Å²) < 4.78 is 13.5. The number of amides is 1. The number of nitro benzene ring substituents is 1. The van der Waals surface area contributed by atoms with Crippen molar-refractivity contribution in [3.8, 4) is 0 Å². The Morgan fingerprint density at radius 3 is 2.36 bits per heavy atom. The number of hydrogen-bond donors (Lipinski definition) is 1. The lowest BCUT2D eigenvalue weighted by Gasteiger charge is -2.04. The topological polar surface area (TPSA) is 84.6 Å². The normalized spacial score (nSPS) is 11.1. The van der Waals surface area contributed by atoms with Crippen LogP contribution in [0.15, 0.2) is 53.6 Å². The lowest BCUT2D eigenvalue weighted by molar-refractivity contribution is -0.385.